The van der Waals surface area contributed by atoms with Crippen LogP contribution in [0.4, 0.5) is 0 Å². The van der Waals surface area contributed by atoms with Gasteiger partial charge in [0.2, 0.25) is 5.91 Å². The fourth-order valence-electron chi connectivity index (χ4n) is 1.74. The van der Waals surface area contributed by atoms with Crippen LogP contribution in [0.1, 0.15) is 51.0 Å². The Morgan fingerprint density at radius 1 is 1.47 bits per heavy atom. The topological polar surface area (TPSA) is 42.0 Å². The smallest absolute Gasteiger partial charge is 0.220 e. The van der Waals surface area contributed by atoms with E-state index in [9.17, 15) is 4.79 Å². The summed E-state index contributed by atoms with van der Waals surface area (Å²) in [5.41, 5.74) is 1.12. The average molecular weight is 234 g/mol. The van der Waals surface area contributed by atoms with E-state index >= 15 is 0 Å². The van der Waals surface area contributed by atoms with E-state index in [0.717, 1.165) is 18.5 Å². The predicted molar refractivity (Wildman–Crippen MR) is 69.8 cm³/mol. The van der Waals surface area contributed by atoms with Crippen LogP contribution in [-0.2, 0) is 4.79 Å². The molecule has 17 heavy (non-hydrogen) atoms. The minimum absolute atomic E-state index is 0.137. The molecular formula is C14H22N2O. The summed E-state index contributed by atoms with van der Waals surface area (Å²) in [6.45, 7) is 5.02. The molecule has 3 nitrogen and oxygen atoms in total. The third-order valence-corrected chi connectivity index (χ3v) is 2.85. The first-order chi connectivity index (χ1) is 8.24. The molecule has 1 aromatic rings. The Hall–Kier alpha value is -1.38. The van der Waals surface area contributed by atoms with Gasteiger partial charge in [0.05, 0.1) is 0 Å². The lowest BCUT2D eigenvalue weighted by Gasteiger charge is -2.11. The highest BCUT2D eigenvalue weighted by atomic mass is 16.1. The summed E-state index contributed by atoms with van der Waals surface area (Å²) in [5, 5.41) is 2.96. The van der Waals surface area contributed by atoms with E-state index in [4.69, 9.17) is 0 Å². The van der Waals surface area contributed by atoms with Gasteiger partial charge in [0.15, 0.2) is 0 Å². The summed E-state index contributed by atoms with van der Waals surface area (Å²) < 4.78 is 0. The molecule has 94 valence electrons. The van der Waals surface area contributed by atoms with Crippen molar-refractivity contribution in [3.8, 4) is 0 Å². The molecule has 0 radical (unpaired) electrons. The molecule has 1 heterocycles. The van der Waals surface area contributed by atoms with Crippen LogP contribution < -0.4 is 5.32 Å². The highest BCUT2D eigenvalue weighted by molar-refractivity contribution is 5.76. The molecular weight excluding hydrogens is 212 g/mol. The number of carbonyl (C=O) groups is 1. The summed E-state index contributed by atoms with van der Waals surface area (Å²) in [6, 6.07) is 3.92. The Balaban J connectivity index is 2.26. The van der Waals surface area contributed by atoms with Crippen LogP contribution in [0, 0.1) is 0 Å². The lowest BCUT2D eigenvalue weighted by molar-refractivity contribution is -0.121. The molecule has 0 aliphatic rings. The molecule has 0 saturated heterocycles. The fourth-order valence-corrected chi connectivity index (χ4v) is 1.74. The second-order valence-corrected chi connectivity index (χ2v) is 4.45. The van der Waals surface area contributed by atoms with E-state index in [0.29, 0.717) is 6.42 Å². The third-order valence-electron chi connectivity index (χ3n) is 2.85. The van der Waals surface area contributed by atoms with Crippen molar-refractivity contribution in [3.05, 3.63) is 30.1 Å². The summed E-state index contributed by atoms with van der Waals surface area (Å²) in [7, 11) is 0. The Morgan fingerprint density at radius 2 is 2.29 bits per heavy atom. The zero-order valence-electron chi connectivity index (χ0n) is 10.8. The number of aromatic nitrogens is 1. The van der Waals surface area contributed by atoms with Crippen molar-refractivity contribution < 1.29 is 4.79 Å². The van der Waals surface area contributed by atoms with Crippen molar-refractivity contribution in [3.63, 3.8) is 0 Å². The molecule has 0 aromatic carbocycles. The van der Waals surface area contributed by atoms with Crippen molar-refractivity contribution in [2.75, 3.05) is 6.54 Å². The van der Waals surface area contributed by atoms with Gasteiger partial charge in [0.1, 0.15) is 0 Å². The molecule has 0 aliphatic heterocycles. The number of nitrogens with zero attached hydrogens (tertiary/aromatic N) is 1. The second-order valence-electron chi connectivity index (χ2n) is 4.45. The first kappa shape index (κ1) is 13.7. The van der Waals surface area contributed by atoms with E-state index in [1.54, 1.807) is 6.20 Å². The highest BCUT2D eigenvalue weighted by Gasteiger charge is 2.10. The molecule has 1 rings (SSSR count). The lowest BCUT2D eigenvalue weighted by Crippen LogP contribution is -2.25. The van der Waals surface area contributed by atoms with E-state index < -0.39 is 0 Å². The largest absolute Gasteiger partial charge is 0.356 e. The van der Waals surface area contributed by atoms with Crippen molar-refractivity contribution in [2.45, 2.75) is 45.4 Å². The zero-order chi connectivity index (χ0) is 12.5. The van der Waals surface area contributed by atoms with Crippen molar-refractivity contribution in [1.82, 2.24) is 10.3 Å². The maximum Gasteiger partial charge on any atom is 0.220 e. The molecule has 0 aliphatic carbocycles. The van der Waals surface area contributed by atoms with Gasteiger partial charge >= 0.3 is 0 Å². The van der Waals surface area contributed by atoms with Gasteiger partial charge in [-0.2, -0.15) is 0 Å². The molecule has 3 heteroatoms. The number of carbonyl (C=O) groups excluding carboxylic acids is 1. The van der Waals surface area contributed by atoms with Crippen LogP contribution >= 0.6 is 0 Å². The summed E-state index contributed by atoms with van der Waals surface area (Å²) in [6.07, 6.45) is 7.55. The number of nitrogens with one attached hydrogen (secondary N) is 1. The number of hydrogen-bond donors (Lipinski definition) is 1. The van der Waals surface area contributed by atoms with Gasteiger partial charge in [0, 0.05) is 25.4 Å². The van der Waals surface area contributed by atoms with Gasteiger partial charge in [-0.25, -0.2) is 0 Å². The number of hydrogen-bond acceptors (Lipinski definition) is 2. The molecule has 1 atom stereocenters. The molecule has 0 fully saturated rings. The van der Waals surface area contributed by atoms with Gasteiger partial charge in [-0.3, -0.25) is 9.78 Å². The van der Waals surface area contributed by atoms with Gasteiger partial charge in [-0.05, 0) is 24.0 Å². The summed E-state index contributed by atoms with van der Waals surface area (Å²) in [5.74, 6) is 0.368. The number of amides is 1. The Bertz CT molecular complexity index is 324. The fraction of sp³-hybridized carbons (Fsp3) is 0.571. The normalized spacial score (nSPS) is 12.1. The van der Waals surface area contributed by atoms with E-state index in [-0.39, 0.29) is 11.8 Å². The van der Waals surface area contributed by atoms with Crippen molar-refractivity contribution in [2.24, 2.45) is 0 Å². The molecule has 1 aromatic heterocycles. The SMILES string of the molecule is CCCCCNC(=O)CC(C)c1cccnc1. The van der Waals surface area contributed by atoms with Crippen LogP contribution in [0.5, 0.6) is 0 Å². The van der Waals surface area contributed by atoms with Crippen LogP contribution in [0.2, 0.25) is 0 Å². The highest BCUT2D eigenvalue weighted by Crippen LogP contribution is 2.17. The third kappa shape index (κ3) is 5.48. The predicted octanol–water partition coefficient (Wildman–Crippen LogP) is 2.88. The van der Waals surface area contributed by atoms with Gasteiger partial charge < -0.3 is 5.32 Å². The van der Waals surface area contributed by atoms with Crippen LogP contribution in [-0.4, -0.2) is 17.4 Å². The van der Waals surface area contributed by atoms with Gasteiger partial charge in [0.25, 0.3) is 0 Å². The van der Waals surface area contributed by atoms with Gasteiger partial charge in [-0.1, -0.05) is 32.8 Å². The lowest BCUT2D eigenvalue weighted by atomic mass is 9.99. The van der Waals surface area contributed by atoms with Crippen molar-refractivity contribution >= 4 is 5.91 Å². The number of unbranched alkanes of at least 4 members (excludes halogenated alkanes) is 2. The summed E-state index contributed by atoms with van der Waals surface area (Å²) in [4.78, 5) is 15.7. The first-order valence-corrected chi connectivity index (χ1v) is 6.40. The minimum atomic E-state index is 0.137. The zero-order valence-corrected chi connectivity index (χ0v) is 10.8. The first-order valence-electron chi connectivity index (χ1n) is 6.40. The molecule has 1 N–H and O–H groups in total. The quantitative estimate of drug-likeness (QED) is 0.737. The van der Waals surface area contributed by atoms with E-state index in [2.05, 4.69) is 24.1 Å². The second kappa shape index (κ2) is 7.82. The van der Waals surface area contributed by atoms with E-state index in [1.807, 2.05) is 18.3 Å². The van der Waals surface area contributed by atoms with Crippen LogP contribution in [0.15, 0.2) is 24.5 Å². The Morgan fingerprint density at radius 3 is 2.94 bits per heavy atom. The molecule has 0 saturated carbocycles. The number of rotatable bonds is 7. The minimum Gasteiger partial charge on any atom is -0.356 e. The van der Waals surface area contributed by atoms with Crippen molar-refractivity contribution in [1.29, 1.82) is 0 Å². The monoisotopic (exact) mass is 234 g/mol. The Kier molecular flexibility index (Phi) is 6.30. The molecule has 1 unspecified atom stereocenters. The molecule has 1 amide bonds. The van der Waals surface area contributed by atoms with Crippen LogP contribution in [0.25, 0.3) is 0 Å². The van der Waals surface area contributed by atoms with Gasteiger partial charge in [-0.15, -0.1) is 0 Å². The molecule has 0 spiro atoms. The maximum absolute atomic E-state index is 11.7. The molecule has 0 bridgehead atoms. The average Bonchev–Trinajstić information content (AvgIpc) is 2.36. The van der Waals surface area contributed by atoms with Crippen LogP contribution in [0.3, 0.4) is 0 Å². The standard InChI is InChI=1S/C14H22N2O/c1-3-4-5-9-16-14(17)10-12(2)13-7-6-8-15-11-13/h6-8,11-12H,3-5,9-10H2,1-2H3,(H,16,17). The maximum atomic E-state index is 11.7. The Labute approximate surface area is 104 Å². The summed E-state index contributed by atoms with van der Waals surface area (Å²) >= 11 is 0. The number of pyridine rings is 1. The van der Waals surface area contributed by atoms with E-state index in [1.165, 1.54) is 12.8 Å².